The first-order chi connectivity index (χ1) is 9.74. The molecule has 0 saturated carbocycles. The van der Waals surface area contributed by atoms with Crippen LogP contribution in [0.3, 0.4) is 0 Å². The molecular weight excluding hydrogens is 334 g/mol. The molecule has 0 aliphatic carbocycles. The molecule has 0 bridgehead atoms. The van der Waals surface area contributed by atoms with Crippen molar-refractivity contribution >= 4 is 32.2 Å². The molecule has 0 spiro atoms. The zero-order valence-corrected chi connectivity index (χ0v) is 13.4. The van der Waals surface area contributed by atoms with Gasteiger partial charge in [0.1, 0.15) is 0 Å². The van der Waals surface area contributed by atoms with Crippen LogP contribution in [0.5, 0.6) is 0 Å². The first-order valence-electron chi connectivity index (χ1n) is 6.60. The SMILES string of the molecule is NCC(Cc1cccc(Br)c1)Cc1cn2ccsc2n1. The Morgan fingerprint density at radius 3 is 3.00 bits per heavy atom. The molecule has 0 aliphatic rings. The van der Waals surface area contributed by atoms with Crippen LogP contribution >= 0.6 is 27.3 Å². The standard InChI is InChI=1S/C15H16BrN3S/c16-13-3-1-2-11(7-13)6-12(9-17)8-14-10-19-4-5-20-15(19)18-14/h1-5,7,10,12H,6,8-9,17H2. The maximum Gasteiger partial charge on any atom is 0.193 e. The summed E-state index contributed by atoms with van der Waals surface area (Å²) in [6, 6.07) is 8.43. The maximum atomic E-state index is 5.93. The summed E-state index contributed by atoms with van der Waals surface area (Å²) in [4.78, 5) is 5.69. The molecule has 2 aromatic heterocycles. The van der Waals surface area contributed by atoms with E-state index in [-0.39, 0.29) is 0 Å². The lowest BCUT2D eigenvalue weighted by molar-refractivity contribution is 0.528. The summed E-state index contributed by atoms with van der Waals surface area (Å²) in [6.45, 7) is 0.678. The van der Waals surface area contributed by atoms with E-state index in [0.29, 0.717) is 12.5 Å². The fourth-order valence-corrected chi connectivity index (χ4v) is 3.57. The summed E-state index contributed by atoms with van der Waals surface area (Å²) in [7, 11) is 0. The largest absolute Gasteiger partial charge is 0.330 e. The molecule has 104 valence electrons. The number of aromatic nitrogens is 2. The van der Waals surface area contributed by atoms with E-state index in [1.54, 1.807) is 11.3 Å². The maximum absolute atomic E-state index is 5.93. The number of fused-ring (bicyclic) bond motifs is 1. The average Bonchev–Trinajstić information content (AvgIpc) is 2.98. The Balaban J connectivity index is 1.72. The Bertz CT molecular complexity index is 675. The van der Waals surface area contributed by atoms with E-state index in [1.807, 2.05) is 17.6 Å². The van der Waals surface area contributed by atoms with Crippen molar-refractivity contribution in [2.75, 3.05) is 6.54 Å². The van der Waals surface area contributed by atoms with Crippen molar-refractivity contribution in [2.45, 2.75) is 12.8 Å². The number of nitrogens with zero attached hydrogens (tertiary/aromatic N) is 2. The Labute approximate surface area is 130 Å². The van der Waals surface area contributed by atoms with Crippen molar-refractivity contribution in [3.8, 4) is 0 Å². The van der Waals surface area contributed by atoms with Crippen LogP contribution in [0.4, 0.5) is 0 Å². The van der Waals surface area contributed by atoms with Gasteiger partial charge in [0.2, 0.25) is 0 Å². The molecule has 0 amide bonds. The van der Waals surface area contributed by atoms with Gasteiger partial charge < -0.3 is 5.73 Å². The zero-order valence-electron chi connectivity index (χ0n) is 11.0. The fourth-order valence-electron chi connectivity index (χ4n) is 2.41. The van der Waals surface area contributed by atoms with Gasteiger partial charge in [0.15, 0.2) is 4.96 Å². The predicted octanol–water partition coefficient (Wildman–Crippen LogP) is 3.52. The van der Waals surface area contributed by atoms with Crippen LogP contribution in [0.2, 0.25) is 0 Å². The average molecular weight is 350 g/mol. The molecule has 0 aliphatic heterocycles. The van der Waals surface area contributed by atoms with Crippen LogP contribution in [0.15, 0.2) is 46.5 Å². The molecule has 0 saturated heterocycles. The Kier molecular flexibility index (Phi) is 4.19. The molecule has 1 atom stereocenters. The molecule has 1 unspecified atom stereocenters. The molecule has 0 fully saturated rings. The molecule has 3 nitrogen and oxygen atoms in total. The number of hydrogen-bond donors (Lipinski definition) is 1. The summed E-state index contributed by atoms with van der Waals surface area (Å²) in [5, 5.41) is 2.05. The lowest BCUT2D eigenvalue weighted by atomic mass is 9.95. The third-order valence-corrected chi connectivity index (χ3v) is 4.65. The first kappa shape index (κ1) is 13.8. The Morgan fingerprint density at radius 1 is 1.35 bits per heavy atom. The lowest BCUT2D eigenvalue weighted by Crippen LogP contribution is -2.19. The van der Waals surface area contributed by atoms with Crippen molar-refractivity contribution < 1.29 is 0 Å². The van der Waals surface area contributed by atoms with Crippen molar-refractivity contribution in [2.24, 2.45) is 11.7 Å². The number of rotatable bonds is 5. The molecule has 20 heavy (non-hydrogen) atoms. The number of hydrogen-bond acceptors (Lipinski definition) is 3. The van der Waals surface area contributed by atoms with Crippen LogP contribution < -0.4 is 5.73 Å². The number of nitrogens with two attached hydrogens (primary N) is 1. The third kappa shape index (κ3) is 3.11. The lowest BCUT2D eigenvalue weighted by Gasteiger charge is -2.13. The zero-order chi connectivity index (χ0) is 13.9. The van der Waals surface area contributed by atoms with Crippen molar-refractivity contribution in [3.63, 3.8) is 0 Å². The third-order valence-electron chi connectivity index (χ3n) is 3.39. The second-order valence-electron chi connectivity index (χ2n) is 4.96. The van der Waals surface area contributed by atoms with Gasteiger partial charge in [-0.3, -0.25) is 4.40 Å². The number of imidazole rings is 1. The monoisotopic (exact) mass is 349 g/mol. The quantitative estimate of drug-likeness (QED) is 0.765. The van der Waals surface area contributed by atoms with Crippen molar-refractivity contribution in [1.29, 1.82) is 0 Å². The van der Waals surface area contributed by atoms with E-state index in [0.717, 1.165) is 28.0 Å². The molecular formula is C15H16BrN3S. The minimum Gasteiger partial charge on any atom is -0.330 e. The van der Waals surface area contributed by atoms with Gasteiger partial charge in [-0.25, -0.2) is 4.98 Å². The Morgan fingerprint density at radius 2 is 2.25 bits per heavy atom. The van der Waals surface area contributed by atoms with Gasteiger partial charge in [-0.2, -0.15) is 0 Å². The van der Waals surface area contributed by atoms with Gasteiger partial charge >= 0.3 is 0 Å². The highest BCUT2D eigenvalue weighted by Gasteiger charge is 2.12. The van der Waals surface area contributed by atoms with Crippen LogP contribution in [0, 0.1) is 5.92 Å². The molecule has 2 heterocycles. The van der Waals surface area contributed by atoms with Crippen LogP contribution in [-0.2, 0) is 12.8 Å². The highest BCUT2D eigenvalue weighted by atomic mass is 79.9. The van der Waals surface area contributed by atoms with Crippen molar-refractivity contribution in [1.82, 2.24) is 9.38 Å². The van der Waals surface area contributed by atoms with Crippen LogP contribution in [0.1, 0.15) is 11.3 Å². The predicted molar refractivity (Wildman–Crippen MR) is 87.2 cm³/mol. The van der Waals surface area contributed by atoms with E-state index in [4.69, 9.17) is 5.73 Å². The smallest absolute Gasteiger partial charge is 0.193 e. The van der Waals surface area contributed by atoms with Gasteiger partial charge in [-0.1, -0.05) is 28.1 Å². The van der Waals surface area contributed by atoms with Crippen molar-refractivity contribution in [3.05, 3.63) is 57.8 Å². The van der Waals surface area contributed by atoms with Gasteiger partial charge in [0, 0.05) is 22.2 Å². The summed E-state index contributed by atoms with van der Waals surface area (Å²) in [5.41, 5.74) is 8.38. The normalized spacial score (nSPS) is 12.9. The molecule has 3 aromatic rings. The Hall–Kier alpha value is -1.17. The summed E-state index contributed by atoms with van der Waals surface area (Å²) in [6.07, 6.45) is 6.07. The highest BCUT2D eigenvalue weighted by molar-refractivity contribution is 9.10. The van der Waals surface area contributed by atoms with Gasteiger partial charge in [0.25, 0.3) is 0 Å². The van der Waals surface area contributed by atoms with E-state index in [9.17, 15) is 0 Å². The van der Waals surface area contributed by atoms with Crippen LogP contribution in [0.25, 0.3) is 4.96 Å². The highest BCUT2D eigenvalue weighted by Crippen LogP contribution is 2.19. The van der Waals surface area contributed by atoms with Gasteiger partial charge in [-0.15, -0.1) is 11.3 Å². The summed E-state index contributed by atoms with van der Waals surface area (Å²) < 4.78 is 3.19. The topological polar surface area (TPSA) is 43.3 Å². The second-order valence-corrected chi connectivity index (χ2v) is 6.75. The van der Waals surface area contributed by atoms with E-state index < -0.39 is 0 Å². The molecule has 3 rings (SSSR count). The van der Waals surface area contributed by atoms with E-state index in [2.05, 4.69) is 49.7 Å². The minimum atomic E-state index is 0.425. The molecule has 5 heteroatoms. The number of benzene rings is 1. The van der Waals surface area contributed by atoms with E-state index in [1.165, 1.54) is 5.56 Å². The number of thiazole rings is 1. The molecule has 1 aromatic carbocycles. The summed E-state index contributed by atoms with van der Waals surface area (Å²) >= 11 is 5.18. The van der Waals surface area contributed by atoms with E-state index >= 15 is 0 Å². The molecule has 2 N–H and O–H groups in total. The number of halogens is 1. The minimum absolute atomic E-state index is 0.425. The summed E-state index contributed by atoms with van der Waals surface area (Å²) in [5.74, 6) is 0.425. The first-order valence-corrected chi connectivity index (χ1v) is 8.27. The molecule has 0 radical (unpaired) electrons. The van der Waals surface area contributed by atoms with Gasteiger partial charge in [0.05, 0.1) is 5.69 Å². The fraction of sp³-hybridized carbons (Fsp3) is 0.267. The van der Waals surface area contributed by atoms with Crippen LogP contribution in [-0.4, -0.2) is 15.9 Å². The van der Waals surface area contributed by atoms with Gasteiger partial charge in [-0.05, 0) is 43.0 Å². The second kappa shape index (κ2) is 6.08.